The van der Waals surface area contributed by atoms with Gasteiger partial charge >= 0.3 is 11.6 Å². The summed E-state index contributed by atoms with van der Waals surface area (Å²) >= 11 is 6.24. The van der Waals surface area contributed by atoms with Gasteiger partial charge in [-0.1, -0.05) is 11.6 Å². The zero-order valence-electron chi connectivity index (χ0n) is 17.2. The number of ether oxygens (including phenoxy) is 4. The van der Waals surface area contributed by atoms with Gasteiger partial charge in [-0.15, -0.1) is 0 Å². The summed E-state index contributed by atoms with van der Waals surface area (Å²) in [5, 5.41) is 1.34. The first-order chi connectivity index (χ1) is 14.9. The summed E-state index contributed by atoms with van der Waals surface area (Å²) in [6, 6.07) is 8.57. The van der Waals surface area contributed by atoms with Gasteiger partial charge in [0.25, 0.3) is 0 Å². The van der Waals surface area contributed by atoms with Gasteiger partial charge in [-0.3, -0.25) is 4.79 Å². The van der Waals surface area contributed by atoms with Crippen LogP contribution in [0.3, 0.4) is 0 Å². The van der Waals surface area contributed by atoms with Gasteiger partial charge in [0.2, 0.25) is 0 Å². The second-order valence-corrected chi connectivity index (χ2v) is 7.67. The van der Waals surface area contributed by atoms with E-state index in [0.717, 1.165) is 27.6 Å². The monoisotopic (exact) mass is 444 g/mol. The molecule has 0 bridgehead atoms. The molecule has 0 N–H and O–H groups in total. The molecule has 7 nitrogen and oxygen atoms in total. The molecular weight excluding hydrogens is 424 g/mol. The molecule has 2 aromatic carbocycles. The maximum atomic E-state index is 11.8. The molecule has 2 heterocycles. The summed E-state index contributed by atoms with van der Waals surface area (Å²) in [6.45, 7) is 2.58. The first-order valence-corrected chi connectivity index (χ1v) is 10.1. The predicted molar refractivity (Wildman–Crippen MR) is 114 cm³/mol. The average molecular weight is 445 g/mol. The Balaban J connectivity index is 1.69. The van der Waals surface area contributed by atoms with Crippen molar-refractivity contribution in [3.05, 3.63) is 68.0 Å². The number of carbonyl (C=O) groups excluding carboxylic acids is 1. The molecule has 0 fully saturated rings. The molecule has 1 aliphatic rings. The van der Waals surface area contributed by atoms with Gasteiger partial charge in [0.15, 0.2) is 6.79 Å². The third-order valence-corrected chi connectivity index (χ3v) is 5.31. The third-order valence-electron chi connectivity index (χ3n) is 5.09. The van der Waals surface area contributed by atoms with E-state index in [9.17, 15) is 9.59 Å². The van der Waals surface area contributed by atoms with E-state index in [1.165, 1.54) is 13.2 Å². The van der Waals surface area contributed by atoms with E-state index in [0.29, 0.717) is 35.1 Å². The van der Waals surface area contributed by atoms with Gasteiger partial charge in [-0.05, 0) is 42.7 Å². The Hall–Kier alpha value is -3.03. The molecule has 1 aliphatic heterocycles. The summed E-state index contributed by atoms with van der Waals surface area (Å²) in [6.07, 6.45) is 0.607. The Morgan fingerprint density at radius 3 is 2.81 bits per heavy atom. The number of esters is 1. The van der Waals surface area contributed by atoms with Crippen LogP contribution in [-0.4, -0.2) is 19.9 Å². The van der Waals surface area contributed by atoms with Crippen LogP contribution in [0.1, 0.15) is 28.7 Å². The molecule has 3 aromatic rings. The lowest BCUT2D eigenvalue weighted by atomic mass is 10.0. The number of rotatable bonds is 6. The lowest BCUT2D eigenvalue weighted by Gasteiger charge is -2.21. The Labute approximate surface area is 183 Å². The van der Waals surface area contributed by atoms with Gasteiger partial charge < -0.3 is 23.4 Å². The Morgan fingerprint density at radius 1 is 1.16 bits per heavy atom. The third kappa shape index (κ3) is 4.68. The smallest absolute Gasteiger partial charge is 0.336 e. The normalized spacial score (nSPS) is 12.9. The number of benzene rings is 2. The highest BCUT2D eigenvalue weighted by molar-refractivity contribution is 6.30. The number of hydrogen-bond donors (Lipinski definition) is 0. The van der Waals surface area contributed by atoms with Crippen molar-refractivity contribution in [1.29, 1.82) is 0 Å². The molecule has 0 radical (unpaired) electrons. The molecular formula is C23H21ClO7. The number of hydrogen-bond acceptors (Lipinski definition) is 7. The highest BCUT2D eigenvalue weighted by Crippen LogP contribution is 2.34. The molecule has 31 heavy (non-hydrogen) atoms. The molecule has 8 heteroatoms. The Morgan fingerprint density at radius 2 is 2.00 bits per heavy atom. The minimum atomic E-state index is -0.435. The molecule has 0 spiro atoms. The zero-order valence-corrected chi connectivity index (χ0v) is 17.9. The van der Waals surface area contributed by atoms with E-state index >= 15 is 0 Å². The fraction of sp³-hybridized carbons (Fsp3) is 0.304. The minimum absolute atomic E-state index is 0.159. The minimum Gasteiger partial charge on any atom is -0.488 e. The number of aryl methyl sites for hydroxylation is 2. The molecule has 0 saturated heterocycles. The van der Waals surface area contributed by atoms with E-state index in [1.54, 1.807) is 18.2 Å². The van der Waals surface area contributed by atoms with Crippen molar-refractivity contribution in [3.8, 4) is 11.5 Å². The molecule has 1 aromatic heterocycles. The van der Waals surface area contributed by atoms with Crippen molar-refractivity contribution in [2.24, 2.45) is 0 Å². The topological polar surface area (TPSA) is 84.2 Å². The van der Waals surface area contributed by atoms with Crippen LogP contribution >= 0.6 is 11.6 Å². The van der Waals surface area contributed by atoms with Crippen molar-refractivity contribution in [2.45, 2.75) is 33.0 Å². The quantitative estimate of drug-likeness (QED) is 0.414. The highest BCUT2D eigenvalue weighted by atomic mass is 35.5. The summed E-state index contributed by atoms with van der Waals surface area (Å²) in [5.74, 6) is 0.875. The summed E-state index contributed by atoms with van der Waals surface area (Å²) in [5.41, 5.74) is 3.19. The predicted octanol–water partition coefficient (Wildman–Crippen LogP) is 4.31. The lowest BCUT2D eigenvalue weighted by Crippen LogP contribution is -2.14. The zero-order chi connectivity index (χ0) is 22.0. The molecule has 0 saturated carbocycles. The molecule has 0 unspecified atom stereocenters. The van der Waals surface area contributed by atoms with Gasteiger partial charge in [0, 0.05) is 40.1 Å². The van der Waals surface area contributed by atoms with Gasteiger partial charge in [-0.25, -0.2) is 4.79 Å². The van der Waals surface area contributed by atoms with Crippen LogP contribution in [0.2, 0.25) is 5.02 Å². The van der Waals surface area contributed by atoms with Gasteiger partial charge in [0.05, 0.1) is 13.7 Å². The fourth-order valence-corrected chi connectivity index (χ4v) is 3.84. The van der Waals surface area contributed by atoms with Crippen LogP contribution in [-0.2, 0) is 33.9 Å². The van der Waals surface area contributed by atoms with E-state index < -0.39 is 5.63 Å². The summed E-state index contributed by atoms with van der Waals surface area (Å²) in [4.78, 5) is 23.5. The second kappa shape index (κ2) is 8.99. The van der Waals surface area contributed by atoms with Crippen LogP contribution in [0.25, 0.3) is 11.0 Å². The maximum Gasteiger partial charge on any atom is 0.336 e. The standard InChI is InChI=1S/C23H21ClO7/c1-13-5-22(26)31-20-9-19(14(8-18(13)20)3-4-21(25)27-2)29-11-16-7-17(24)6-15-10-28-12-30-23(15)16/h5-9H,3-4,10-12H2,1-2H3. The van der Waals surface area contributed by atoms with Gasteiger partial charge in [0.1, 0.15) is 23.7 Å². The van der Waals surface area contributed by atoms with Crippen LogP contribution in [0.5, 0.6) is 11.5 Å². The SMILES string of the molecule is COC(=O)CCc1cc2c(C)cc(=O)oc2cc1OCc1cc(Cl)cc2c1OCOC2. The van der Waals surface area contributed by atoms with Crippen LogP contribution in [0.15, 0.2) is 39.5 Å². The van der Waals surface area contributed by atoms with Crippen LogP contribution < -0.4 is 15.1 Å². The molecule has 162 valence electrons. The van der Waals surface area contributed by atoms with Crippen molar-refractivity contribution >= 4 is 28.5 Å². The molecule has 0 amide bonds. The molecule has 0 aliphatic carbocycles. The Bertz CT molecular complexity index is 1200. The molecule has 0 atom stereocenters. The Kier molecular flexibility index (Phi) is 6.15. The largest absolute Gasteiger partial charge is 0.488 e. The van der Waals surface area contributed by atoms with E-state index in [4.69, 9.17) is 35.0 Å². The number of methoxy groups -OCH3 is 1. The van der Waals surface area contributed by atoms with Crippen molar-refractivity contribution in [2.75, 3.05) is 13.9 Å². The first-order valence-electron chi connectivity index (χ1n) is 9.73. The van der Waals surface area contributed by atoms with E-state index in [1.807, 2.05) is 13.0 Å². The average Bonchev–Trinajstić information content (AvgIpc) is 2.75. The van der Waals surface area contributed by atoms with Crippen molar-refractivity contribution < 1.29 is 28.2 Å². The summed E-state index contributed by atoms with van der Waals surface area (Å²) in [7, 11) is 1.35. The fourth-order valence-electron chi connectivity index (χ4n) is 3.58. The second-order valence-electron chi connectivity index (χ2n) is 7.23. The van der Waals surface area contributed by atoms with Crippen molar-refractivity contribution in [1.82, 2.24) is 0 Å². The first kappa shape index (κ1) is 21.2. The van der Waals surface area contributed by atoms with E-state index in [-0.39, 0.29) is 25.8 Å². The van der Waals surface area contributed by atoms with Crippen LogP contribution in [0.4, 0.5) is 0 Å². The number of fused-ring (bicyclic) bond motifs is 2. The molecule has 4 rings (SSSR count). The van der Waals surface area contributed by atoms with E-state index in [2.05, 4.69) is 0 Å². The maximum absolute atomic E-state index is 11.8. The highest BCUT2D eigenvalue weighted by Gasteiger charge is 2.18. The van der Waals surface area contributed by atoms with Crippen molar-refractivity contribution in [3.63, 3.8) is 0 Å². The lowest BCUT2D eigenvalue weighted by molar-refractivity contribution is -0.140. The van der Waals surface area contributed by atoms with Crippen LogP contribution in [0, 0.1) is 6.92 Å². The number of carbonyl (C=O) groups is 1. The number of halogens is 1. The summed E-state index contributed by atoms with van der Waals surface area (Å²) < 4.78 is 27.2. The van der Waals surface area contributed by atoms with Gasteiger partial charge in [-0.2, -0.15) is 0 Å².